The number of hydrogen-bond donors (Lipinski definition) is 3. The summed E-state index contributed by atoms with van der Waals surface area (Å²) >= 11 is 0. The molecular formula is C16H15N5O. The molecular weight excluding hydrogens is 278 g/mol. The number of anilines is 1. The van der Waals surface area contributed by atoms with Gasteiger partial charge in [0.05, 0.1) is 17.5 Å². The lowest BCUT2D eigenvalue weighted by Crippen LogP contribution is -2.14. The van der Waals surface area contributed by atoms with E-state index in [2.05, 4.69) is 25.7 Å². The second kappa shape index (κ2) is 4.84. The largest absolute Gasteiger partial charge is 0.321 e. The van der Waals surface area contributed by atoms with E-state index in [-0.39, 0.29) is 5.91 Å². The van der Waals surface area contributed by atoms with Gasteiger partial charge >= 0.3 is 0 Å². The number of carbonyl (C=O) groups excluding carboxylic acids is 1. The highest BCUT2D eigenvalue weighted by molar-refractivity contribution is 6.07. The van der Waals surface area contributed by atoms with Crippen LogP contribution in [-0.2, 0) is 12.8 Å². The lowest BCUT2D eigenvalue weighted by atomic mass is 9.94. The highest BCUT2D eigenvalue weighted by Gasteiger charge is 2.27. The Labute approximate surface area is 127 Å². The number of nitrogens with zero attached hydrogens (tertiary/aromatic N) is 2. The van der Waals surface area contributed by atoms with Crippen molar-refractivity contribution in [1.82, 2.24) is 20.4 Å². The van der Waals surface area contributed by atoms with Crippen molar-refractivity contribution in [2.24, 2.45) is 0 Å². The summed E-state index contributed by atoms with van der Waals surface area (Å²) in [5.41, 5.74) is 6.14. The molecule has 0 bridgehead atoms. The maximum absolute atomic E-state index is 12.5. The monoisotopic (exact) mass is 293 g/mol. The molecule has 0 radical (unpaired) electrons. The Bertz CT molecular complexity index is 844. The molecule has 1 aromatic carbocycles. The number of rotatable bonds is 2. The van der Waals surface area contributed by atoms with Crippen LogP contribution in [0.4, 0.5) is 5.69 Å². The lowest BCUT2D eigenvalue weighted by molar-refractivity contribution is 0.102. The van der Waals surface area contributed by atoms with Crippen LogP contribution in [0.25, 0.3) is 11.3 Å². The second-order valence-electron chi connectivity index (χ2n) is 5.52. The van der Waals surface area contributed by atoms with Gasteiger partial charge in [-0.2, -0.15) is 10.2 Å². The molecule has 1 aliphatic rings. The molecule has 0 spiro atoms. The van der Waals surface area contributed by atoms with Crippen molar-refractivity contribution in [2.45, 2.75) is 19.8 Å². The van der Waals surface area contributed by atoms with E-state index in [1.807, 2.05) is 37.4 Å². The lowest BCUT2D eigenvalue weighted by Gasteiger charge is -2.11. The van der Waals surface area contributed by atoms with Crippen molar-refractivity contribution in [2.75, 3.05) is 5.32 Å². The number of H-pyrrole nitrogens is 2. The first-order chi connectivity index (χ1) is 10.7. The summed E-state index contributed by atoms with van der Waals surface area (Å²) in [6.07, 6.45) is 3.56. The van der Waals surface area contributed by atoms with Crippen LogP contribution in [0, 0.1) is 6.92 Å². The number of aromatic nitrogens is 4. The minimum Gasteiger partial charge on any atom is -0.321 e. The maximum atomic E-state index is 12.5. The van der Waals surface area contributed by atoms with Gasteiger partial charge in [-0.3, -0.25) is 15.0 Å². The number of fused-ring (bicyclic) bond motifs is 3. The van der Waals surface area contributed by atoms with E-state index in [1.165, 1.54) is 0 Å². The van der Waals surface area contributed by atoms with Gasteiger partial charge in [0.15, 0.2) is 5.69 Å². The Kier molecular flexibility index (Phi) is 2.82. The highest BCUT2D eigenvalue weighted by Crippen LogP contribution is 2.33. The molecule has 22 heavy (non-hydrogen) atoms. The fraction of sp³-hybridized carbons (Fsp3) is 0.188. The molecule has 0 atom stereocenters. The predicted molar refractivity (Wildman–Crippen MR) is 82.7 cm³/mol. The summed E-state index contributed by atoms with van der Waals surface area (Å²) in [6, 6.07) is 7.69. The molecule has 0 fully saturated rings. The van der Waals surface area contributed by atoms with Gasteiger partial charge in [0.1, 0.15) is 0 Å². The first-order valence-electron chi connectivity index (χ1n) is 7.20. The average Bonchev–Trinajstić information content (AvgIpc) is 3.14. The number of hydrogen-bond acceptors (Lipinski definition) is 3. The van der Waals surface area contributed by atoms with Crippen molar-refractivity contribution in [3.63, 3.8) is 0 Å². The van der Waals surface area contributed by atoms with E-state index in [0.717, 1.165) is 46.6 Å². The van der Waals surface area contributed by atoms with Gasteiger partial charge in [-0.25, -0.2) is 0 Å². The summed E-state index contributed by atoms with van der Waals surface area (Å²) in [5, 5.41) is 17.1. The van der Waals surface area contributed by atoms with Crippen LogP contribution >= 0.6 is 0 Å². The minimum atomic E-state index is -0.219. The van der Waals surface area contributed by atoms with Crippen molar-refractivity contribution >= 4 is 11.6 Å². The molecule has 1 amide bonds. The molecule has 0 aliphatic heterocycles. The van der Waals surface area contributed by atoms with Gasteiger partial charge in [0.25, 0.3) is 5.91 Å². The zero-order valence-corrected chi connectivity index (χ0v) is 12.1. The SMILES string of the molecule is Cc1ccc(NC(=O)c2n[nH]c3c2-c2[nH]ncc2CC3)cc1. The molecule has 1 aliphatic carbocycles. The van der Waals surface area contributed by atoms with Crippen molar-refractivity contribution in [3.8, 4) is 11.3 Å². The Morgan fingerprint density at radius 3 is 2.82 bits per heavy atom. The summed E-state index contributed by atoms with van der Waals surface area (Å²) < 4.78 is 0. The number of amides is 1. The van der Waals surface area contributed by atoms with Crippen LogP contribution in [0.1, 0.15) is 27.3 Å². The van der Waals surface area contributed by atoms with Crippen LogP contribution in [0.2, 0.25) is 0 Å². The Hall–Kier alpha value is -2.89. The third kappa shape index (κ3) is 2.00. The smallest absolute Gasteiger partial charge is 0.276 e. The molecule has 4 rings (SSSR count). The molecule has 2 aromatic heterocycles. The number of nitrogens with one attached hydrogen (secondary N) is 3. The molecule has 3 aromatic rings. The van der Waals surface area contributed by atoms with Crippen LogP contribution in [0.5, 0.6) is 0 Å². The number of aryl methyl sites for hydroxylation is 3. The van der Waals surface area contributed by atoms with E-state index in [0.29, 0.717) is 5.69 Å². The maximum Gasteiger partial charge on any atom is 0.276 e. The average molecular weight is 293 g/mol. The van der Waals surface area contributed by atoms with Crippen molar-refractivity contribution in [1.29, 1.82) is 0 Å². The van der Waals surface area contributed by atoms with E-state index < -0.39 is 0 Å². The van der Waals surface area contributed by atoms with E-state index in [9.17, 15) is 4.79 Å². The molecule has 110 valence electrons. The number of aromatic amines is 2. The van der Waals surface area contributed by atoms with Crippen molar-refractivity contribution in [3.05, 3.63) is 53.0 Å². The van der Waals surface area contributed by atoms with E-state index >= 15 is 0 Å². The zero-order chi connectivity index (χ0) is 15.1. The Balaban J connectivity index is 1.68. The zero-order valence-electron chi connectivity index (χ0n) is 12.1. The predicted octanol–water partition coefficient (Wildman–Crippen LogP) is 2.46. The first-order valence-corrected chi connectivity index (χ1v) is 7.20. The first kappa shape index (κ1) is 12.8. The van der Waals surface area contributed by atoms with E-state index in [1.54, 1.807) is 0 Å². The molecule has 0 saturated carbocycles. The van der Waals surface area contributed by atoms with Crippen molar-refractivity contribution < 1.29 is 4.79 Å². The van der Waals surface area contributed by atoms with Crippen LogP contribution in [0.15, 0.2) is 30.5 Å². The molecule has 0 unspecified atom stereocenters. The molecule has 0 saturated heterocycles. The fourth-order valence-electron chi connectivity index (χ4n) is 2.80. The Morgan fingerprint density at radius 1 is 1.18 bits per heavy atom. The summed E-state index contributed by atoms with van der Waals surface area (Å²) in [4.78, 5) is 12.5. The fourth-order valence-corrected chi connectivity index (χ4v) is 2.80. The normalized spacial score (nSPS) is 12.6. The number of carbonyl (C=O) groups is 1. The summed E-state index contributed by atoms with van der Waals surface area (Å²) in [7, 11) is 0. The van der Waals surface area contributed by atoms with Gasteiger partial charge in [-0.05, 0) is 37.5 Å². The third-order valence-corrected chi connectivity index (χ3v) is 3.98. The third-order valence-electron chi connectivity index (χ3n) is 3.98. The number of benzene rings is 1. The minimum absolute atomic E-state index is 0.219. The van der Waals surface area contributed by atoms with Crippen LogP contribution < -0.4 is 5.32 Å². The molecule has 3 N–H and O–H groups in total. The quantitative estimate of drug-likeness (QED) is 0.678. The molecule has 2 heterocycles. The van der Waals surface area contributed by atoms with Gasteiger partial charge in [-0.1, -0.05) is 17.7 Å². The van der Waals surface area contributed by atoms with Crippen LogP contribution in [0.3, 0.4) is 0 Å². The second-order valence-corrected chi connectivity index (χ2v) is 5.52. The topological polar surface area (TPSA) is 86.5 Å². The standard InChI is InChI=1S/C16H15N5O/c1-9-2-5-11(6-3-9)18-16(22)15-13-12(19-21-15)7-4-10-8-17-20-14(10)13/h2-3,5-6,8H,4,7H2,1H3,(H,17,20)(H,18,22)(H,19,21). The Morgan fingerprint density at radius 2 is 2.00 bits per heavy atom. The summed E-state index contributed by atoms with van der Waals surface area (Å²) in [6.45, 7) is 2.01. The molecule has 6 heteroatoms. The molecule has 6 nitrogen and oxygen atoms in total. The van der Waals surface area contributed by atoms with Gasteiger partial charge in [0.2, 0.25) is 0 Å². The summed E-state index contributed by atoms with van der Waals surface area (Å²) in [5.74, 6) is -0.219. The van der Waals surface area contributed by atoms with Gasteiger partial charge in [0, 0.05) is 11.4 Å². The van der Waals surface area contributed by atoms with Gasteiger partial charge in [-0.15, -0.1) is 0 Å². The van der Waals surface area contributed by atoms with E-state index in [4.69, 9.17) is 0 Å². The van der Waals surface area contributed by atoms with Gasteiger partial charge < -0.3 is 5.32 Å². The highest BCUT2D eigenvalue weighted by atomic mass is 16.1. The van der Waals surface area contributed by atoms with Crippen LogP contribution in [-0.4, -0.2) is 26.3 Å².